The van der Waals surface area contributed by atoms with Crippen LogP contribution in [0, 0.1) is 37.0 Å². The number of allylic oxidation sites excluding steroid dienone is 5. The van der Waals surface area contributed by atoms with Crippen LogP contribution in [0.25, 0.3) is 15.7 Å². The fourth-order valence-corrected chi connectivity index (χ4v) is 12.7. The molecule has 4 heteroatoms. The van der Waals surface area contributed by atoms with Crippen LogP contribution in [0.1, 0.15) is 116 Å². The summed E-state index contributed by atoms with van der Waals surface area (Å²) in [5.41, 5.74) is 20.0. The first-order valence-electron chi connectivity index (χ1n) is 22.8. The van der Waals surface area contributed by atoms with Gasteiger partial charge in [-0.3, -0.25) is 0 Å². The minimum Gasteiger partial charge on any atom is -0.335 e. The summed E-state index contributed by atoms with van der Waals surface area (Å²) in [5, 5.41) is 1.37. The SMILES string of the molecule is Cc1cc2c3c(c1)N(C1C=CC(c4ccccc4C)=CC1C)c1cc4c(cc1B3c1sc3ccccc3c1N2C1=CC(C(C)C)CC(C(C)(C)C)=C1)C(C)(C)CCC4(C)C. The van der Waals surface area contributed by atoms with Crippen molar-refractivity contribution in [3.8, 4) is 0 Å². The van der Waals surface area contributed by atoms with E-state index in [-0.39, 0.29) is 34.9 Å². The Morgan fingerprint density at radius 1 is 0.817 bits per heavy atom. The van der Waals surface area contributed by atoms with Gasteiger partial charge in [-0.2, -0.15) is 0 Å². The minimum atomic E-state index is 0.0834. The third kappa shape index (κ3) is 6.09. The lowest BCUT2D eigenvalue weighted by molar-refractivity contribution is 0.332. The number of benzene rings is 4. The summed E-state index contributed by atoms with van der Waals surface area (Å²) in [7, 11) is 0. The second-order valence-corrected chi connectivity index (χ2v) is 22.7. The van der Waals surface area contributed by atoms with Crippen molar-refractivity contribution in [1.29, 1.82) is 0 Å². The molecule has 60 heavy (non-hydrogen) atoms. The zero-order valence-corrected chi connectivity index (χ0v) is 38.9. The van der Waals surface area contributed by atoms with E-state index in [1.54, 1.807) is 11.1 Å². The highest BCUT2D eigenvalue weighted by Gasteiger charge is 2.49. The van der Waals surface area contributed by atoms with Gasteiger partial charge in [0.05, 0.1) is 11.7 Å². The molecule has 5 aromatic rings. The van der Waals surface area contributed by atoms with Crippen LogP contribution in [0.3, 0.4) is 0 Å². The fraction of sp³-hybridized carbons (Fsp3) is 0.393. The molecule has 0 N–H and O–H groups in total. The Morgan fingerprint density at radius 3 is 2.20 bits per heavy atom. The monoisotopic (exact) mass is 806 g/mol. The molecule has 3 atom stereocenters. The standard InChI is InChI=1S/C56H63BN2S/c1-33(2)38-28-39(54(6,7)8)30-40(29-38)58-48-25-34(3)26-49-51(48)57(53-52(58)42-19-15-16-20-50(42)60-53)45-31-43-44(56(11,12)24-23-55(43,9)10)32-47(45)59(49)46-22-21-37(27-36(46)5)41-18-14-13-17-35(41)4/h13-22,25-27,29-33,36,38,46H,23-24,28H2,1-12H3. The summed E-state index contributed by atoms with van der Waals surface area (Å²) in [6, 6.07) is 28.7. The maximum atomic E-state index is 2.79. The maximum absolute atomic E-state index is 2.79. The lowest BCUT2D eigenvalue weighted by Gasteiger charge is -2.49. The fourth-order valence-electron chi connectivity index (χ4n) is 11.4. The Bertz CT molecular complexity index is 2720. The Labute approximate surface area is 364 Å². The van der Waals surface area contributed by atoms with E-state index in [9.17, 15) is 0 Å². The molecule has 10 rings (SSSR count). The number of anilines is 4. The van der Waals surface area contributed by atoms with Gasteiger partial charge in [0, 0.05) is 37.6 Å². The summed E-state index contributed by atoms with van der Waals surface area (Å²) in [4.78, 5) is 5.52. The van der Waals surface area contributed by atoms with Crippen molar-refractivity contribution in [2.75, 3.05) is 9.80 Å². The Kier molecular flexibility index (Phi) is 9.06. The molecule has 0 spiro atoms. The molecule has 306 valence electrons. The van der Waals surface area contributed by atoms with Gasteiger partial charge >= 0.3 is 0 Å². The highest BCUT2D eigenvalue weighted by molar-refractivity contribution is 7.33. The third-order valence-electron chi connectivity index (χ3n) is 15.2. The van der Waals surface area contributed by atoms with Crippen molar-refractivity contribution < 1.29 is 0 Å². The van der Waals surface area contributed by atoms with Crippen molar-refractivity contribution >= 4 is 72.2 Å². The molecule has 0 bridgehead atoms. The van der Waals surface area contributed by atoms with Gasteiger partial charge in [0.2, 0.25) is 0 Å². The first-order valence-corrected chi connectivity index (χ1v) is 23.6. The molecule has 5 aliphatic rings. The highest BCUT2D eigenvalue weighted by atomic mass is 32.1. The van der Waals surface area contributed by atoms with Gasteiger partial charge in [-0.05, 0) is 142 Å². The van der Waals surface area contributed by atoms with E-state index in [1.807, 2.05) is 11.3 Å². The molecule has 3 aliphatic carbocycles. The summed E-state index contributed by atoms with van der Waals surface area (Å²) in [5.74, 6) is 1.31. The number of nitrogens with zero attached hydrogens (tertiary/aromatic N) is 2. The normalized spacial score (nSPS) is 22.5. The molecular formula is C56H63BN2S. The van der Waals surface area contributed by atoms with Crippen LogP contribution in [0.4, 0.5) is 22.7 Å². The van der Waals surface area contributed by atoms with Crippen LogP contribution in [-0.4, -0.2) is 12.8 Å². The van der Waals surface area contributed by atoms with E-state index < -0.39 is 0 Å². The molecule has 1 aromatic heterocycles. The highest BCUT2D eigenvalue weighted by Crippen LogP contribution is 2.52. The number of hydrogen-bond donors (Lipinski definition) is 0. The molecule has 0 saturated carbocycles. The number of fused-ring (bicyclic) bond motifs is 7. The first kappa shape index (κ1) is 39.6. The van der Waals surface area contributed by atoms with Crippen LogP contribution in [0.15, 0.2) is 114 Å². The second kappa shape index (κ2) is 13.7. The molecule has 2 aliphatic heterocycles. The van der Waals surface area contributed by atoms with Crippen molar-refractivity contribution in [2.45, 2.75) is 119 Å². The number of hydrogen-bond acceptors (Lipinski definition) is 3. The molecular weight excluding hydrogens is 744 g/mol. The topological polar surface area (TPSA) is 6.48 Å². The van der Waals surface area contributed by atoms with Crippen molar-refractivity contribution in [1.82, 2.24) is 0 Å². The molecule has 0 amide bonds. The molecule has 3 unspecified atom stereocenters. The number of thiophene rings is 1. The average Bonchev–Trinajstić information content (AvgIpc) is 3.58. The van der Waals surface area contributed by atoms with E-state index in [4.69, 9.17) is 0 Å². The largest absolute Gasteiger partial charge is 0.335 e. The average molecular weight is 807 g/mol. The minimum absolute atomic E-state index is 0.0834. The van der Waals surface area contributed by atoms with E-state index in [0.29, 0.717) is 11.8 Å². The van der Waals surface area contributed by atoms with Crippen LogP contribution < -0.4 is 25.5 Å². The lowest BCUT2D eigenvalue weighted by Crippen LogP contribution is -2.63. The van der Waals surface area contributed by atoms with E-state index in [1.165, 1.54) is 94.9 Å². The number of rotatable bonds is 4. The van der Waals surface area contributed by atoms with Crippen LogP contribution in [-0.2, 0) is 10.8 Å². The summed E-state index contributed by atoms with van der Waals surface area (Å²) in [6.45, 7) is 29.1. The summed E-state index contributed by atoms with van der Waals surface area (Å²) in [6.07, 6.45) is 16.2. The molecule has 3 heterocycles. The van der Waals surface area contributed by atoms with E-state index in [0.717, 1.165) is 6.42 Å². The predicted octanol–water partition coefficient (Wildman–Crippen LogP) is 13.5. The zero-order valence-electron chi connectivity index (χ0n) is 38.1. The summed E-state index contributed by atoms with van der Waals surface area (Å²) >= 11 is 2.03. The van der Waals surface area contributed by atoms with Crippen LogP contribution in [0.5, 0.6) is 0 Å². The van der Waals surface area contributed by atoms with Gasteiger partial charge in [-0.1, -0.05) is 148 Å². The van der Waals surface area contributed by atoms with Crippen LogP contribution >= 0.6 is 11.3 Å². The first-order chi connectivity index (χ1) is 28.4. The summed E-state index contributed by atoms with van der Waals surface area (Å²) < 4.78 is 2.85. The van der Waals surface area contributed by atoms with Gasteiger partial charge in [0.1, 0.15) is 0 Å². The van der Waals surface area contributed by atoms with Gasteiger partial charge < -0.3 is 9.80 Å². The van der Waals surface area contributed by atoms with Crippen molar-refractivity contribution in [3.63, 3.8) is 0 Å². The number of aryl methyl sites for hydroxylation is 2. The Balaban J connectivity index is 1.28. The van der Waals surface area contributed by atoms with Gasteiger partial charge in [0.15, 0.2) is 0 Å². The molecule has 0 radical (unpaired) electrons. The van der Waals surface area contributed by atoms with Gasteiger partial charge in [-0.15, -0.1) is 11.3 Å². The smallest absolute Gasteiger partial charge is 0.264 e. The molecule has 4 aromatic carbocycles. The van der Waals surface area contributed by atoms with Crippen LogP contribution in [0.2, 0.25) is 0 Å². The van der Waals surface area contributed by atoms with Crippen molar-refractivity contribution in [3.05, 3.63) is 142 Å². The van der Waals surface area contributed by atoms with Gasteiger partial charge in [0.25, 0.3) is 6.71 Å². The Morgan fingerprint density at radius 2 is 1.50 bits per heavy atom. The molecule has 0 fully saturated rings. The van der Waals surface area contributed by atoms with Crippen molar-refractivity contribution in [2.24, 2.45) is 23.2 Å². The zero-order chi connectivity index (χ0) is 42.2. The lowest BCUT2D eigenvalue weighted by atomic mass is 9.35. The van der Waals surface area contributed by atoms with E-state index in [2.05, 4.69) is 196 Å². The predicted molar refractivity (Wildman–Crippen MR) is 263 cm³/mol. The molecule has 0 saturated heterocycles. The van der Waals surface area contributed by atoms with Gasteiger partial charge in [-0.25, -0.2) is 0 Å². The molecule has 2 nitrogen and oxygen atoms in total. The van der Waals surface area contributed by atoms with E-state index >= 15 is 0 Å². The quantitative estimate of drug-likeness (QED) is 0.167. The second-order valence-electron chi connectivity index (χ2n) is 21.7. The third-order valence-corrected chi connectivity index (χ3v) is 16.4. The Hall–Kier alpha value is -4.54. The maximum Gasteiger partial charge on any atom is 0.264 e.